The summed E-state index contributed by atoms with van der Waals surface area (Å²) in [6.45, 7) is 10.0. The van der Waals surface area contributed by atoms with E-state index in [0.717, 1.165) is 45.2 Å². The molecule has 2 N–H and O–H groups in total. The summed E-state index contributed by atoms with van der Waals surface area (Å²) in [6, 6.07) is 0. The third kappa shape index (κ3) is 15.2. The fourth-order valence-corrected chi connectivity index (χ4v) is 1.90. The van der Waals surface area contributed by atoms with E-state index in [2.05, 4.69) is 38.3 Å². The zero-order chi connectivity index (χ0) is 16.1. The number of rotatable bonds is 12. The van der Waals surface area contributed by atoms with E-state index >= 15 is 0 Å². The molecule has 0 fully saturated rings. The maximum absolute atomic E-state index is 11.5. The highest BCUT2D eigenvalue weighted by molar-refractivity contribution is 5.76. The fourth-order valence-electron chi connectivity index (χ4n) is 1.90. The van der Waals surface area contributed by atoms with Crippen molar-refractivity contribution < 1.29 is 9.59 Å². The van der Waals surface area contributed by atoms with Gasteiger partial charge in [0.15, 0.2) is 0 Å². The Labute approximate surface area is 130 Å². The number of hydrogen-bond acceptors (Lipinski definition) is 2. The molecule has 0 radical (unpaired) electrons. The lowest BCUT2D eigenvalue weighted by Crippen LogP contribution is -2.26. The lowest BCUT2D eigenvalue weighted by Gasteiger charge is -2.08. The van der Waals surface area contributed by atoms with E-state index in [9.17, 15) is 9.59 Å². The van der Waals surface area contributed by atoms with Crippen LogP contribution in [0.3, 0.4) is 0 Å². The molecule has 0 aliphatic heterocycles. The quantitative estimate of drug-likeness (QED) is 0.543. The molecule has 0 bridgehead atoms. The van der Waals surface area contributed by atoms with Crippen molar-refractivity contribution in [2.45, 2.75) is 72.6 Å². The van der Waals surface area contributed by atoms with Gasteiger partial charge in [-0.3, -0.25) is 9.59 Å². The molecule has 0 aromatic rings. The summed E-state index contributed by atoms with van der Waals surface area (Å²) in [6.07, 6.45) is 6.16. The molecule has 4 heteroatoms. The Kier molecular flexibility index (Phi) is 12.0. The van der Waals surface area contributed by atoms with Gasteiger partial charge >= 0.3 is 0 Å². The molecule has 0 spiro atoms. The molecule has 0 aromatic carbocycles. The summed E-state index contributed by atoms with van der Waals surface area (Å²) in [5, 5.41) is 5.89. The van der Waals surface area contributed by atoms with E-state index in [1.54, 1.807) is 0 Å². The van der Waals surface area contributed by atoms with Gasteiger partial charge in [-0.2, -0.15) is 0 Å². The molecule has 0 rings (SSSR count). The van der Waals surface area contributed by atoms with Crippen molar-refractivity contribution in [1.82, 2.24) is 10.6 Å². The van der Waals surface area contributed by atoms with E-state index in [1.165, 1.54) is 0 Å². The van der Waals surface area contributed by atoms with E-state index in [0.29, 0.717) is 24.7 Å². The van der Waals surface area contributed by atoms with Crippen molar-refractivity contribution in [3.05, 3.63) is 0 Å². The molecule has 2 amide bonds. The molecule has 0 aromatic heterocycles. The van der Waals surface area contributed by atoms with Crippen molar-refractivity contribution >= 4 is 11.8 Å². The van der Waals surface area contributed by atoms with Crippen LogP contribution in [-0.4, -0.2) is 24.9 Å². The Hall–Kier alpha value is -1.06. The smallest absolute Gasteiger partial charge is 0.220 e. The lowest BCUT2D eigenvalue weighted by molar-refractivity contribution is -0.122. The molecule has 0 atom stereocenters. The lowest BCUT2D eigenvalue weighted by atomic mass is 10.1. The van der Waals surface area contributed by atoms with Gasteiger partial charge in [-0.25, -0.2) is 0 Å². The number of carbonyl (C=O) groups is 2. The molecule has 4 nitrogen and oxygen atoms in total. The zero-order valence-corrected chi connectivity index (χ0v) is 14.3. The number of amides is 2. The average molecular weight is 298 g/mol. The molecular weight excluding hydrogens is 264 g/mol. The minimum absolute atomic E-state index is 0.158. The Morgan fingerprint density at radius 2 is 1.10 bits per heavy atom. The molecule has 0 heterocycles. The third-order valence-corrected chi connectivity index (χ3v) is 3.40. The highest BCUT2D eigenvalue weighted by atomic mass is 16.2. The highest BCUT2D eigenvalue weighted by Crippen LogP contribution is 2.04. The van der Waals surface area contributed by atoms with Crippen molar-refractivity contribution in [2.75, 3.05) is 13.1 Å². The van der Waals surface area contributed by atoms with Crippen LogP contribution in [-0.2, 0) is 9.59 Å². The number of nitrogens with one attached hydrogen (secondary N) is 2. The zero-order valence-electron chi connectivity index (χ0n) is 14.3. The van der Waals surface area contributed by atoms with Crippen LogP contribution in [0.5, 0.6) is 0 Å². The summed E-state index contributed by atoms with van der Waals surface area (Å²) in [5.74, 6) is 1.47. The van der Waals surface area contributed by atoms with Crippen LogP contribution in [0.4, 0.5) is 0 Å². The number of carbonyl (C=O) groups excluding carboxylic acids is 2. The third-order valence-electron chi connectivity index (χ3n) is 3.40. The van der Waals surface area contributed by atoms with Gasteiger partial charge in [-0.1, -0.05) is 27.7 Å². The van der Waals surface area contributed by atoms with Gasteiger partial charge in [0.1, 0.15) is 0 Å². The van der Waals surface area contributed by atoms with Crippen LogP contribution in [0.1, 0.15) is 72.6 Å². The molecule has 0 aliphatic carbocycles. The second-order valence-electron chi connectivity index (χ2n) is 6.63. The Morgan fingerprint density at radius 1 is 0.714 bits per heavy atom. The maximum Gasteiger partial charge on any atom is 0.220 e. The fraction of sp³-hybridized carbons (Fsp3) is 0.882. The van der Waals surface area contributed by atoms with Crippen molar-refractivity contribution in [2.24, 2.45) is 11.8 Å². The van der Waals surface area contributed by atoms with E-state index in [1.807, 2.05) is 0 Å². The van der Waals surface area contributed by atoms with Crippen LogP contribution in [0.25, 0.3) is 0 Å². The largest absolute Gasteiger partial charge is 0.356 e. The normalized spacial score (nSPS) is 11.0. The van der Waals surface area contributed by atoms with Crippen molar-refractivity contribution in [3.63, 3.8) is 0 Å². The second kappa shape index (κ2) is 12.7. The van der Waals surface area contributed by atoms with E-state index in [-0.39, 0.29) is 11.8 Å². The second-order valence-corrected chi connectivity index (χ2v) is 6.63. The molecular formula is C17H34N2O2. The first-order chi connectivity index (χ1) is 9.91. The first-order valence-electron chi connectivity index (χ1n) is 8.45. The van der Waals surface area contributed by atoms with Gasteiger partial charge < -0.3 is 10.6 Å². The SMILES string of the molecule is CC(C)CCC(=O)NCCCCCNC(=O)CCC(C)C. The Bertz CT molecular complexity index is 261. The maximum atomic E-state index is 11.5. The first-order valence-corrected chi connectivity index (χ1v) is 8.45. The Morgan fingerprint density at radius 3 is 1.43 bits per heavy atom. The van der Waals surface area contributed by atoms with Gasteiger partial charge in [-0.15, -0.1) is 0 Å². The monoisotopic (exact) mass is 298 g/mol. The average Bonchev–Trinajstić information content (AvgIpc) is 2.41. The molecule has 0 aliphatic rings. The summed E-state index contributed by atoms with van der Waals surface area (Å²) in [5.41, 5.74) is 0. The van der Waals surface area contributed by atoms with Crippen LogP contribution in [0.2, 0.25) is 0 Å². The van der Waals surface area contributed by atoms with Crippen LogP contribution in [0.15, 0.2) is 0 Å². The van der Waals surface area contributed by atoms with Crippen LogP contribution >= 0.6 is 0 Å². The van der Waals surface area contributed by atoms with Gasteiger partial charge in [-0.05, 0) is 43.9 Å². The molecule has 0 saturated carbocycles. The molecule has 0 unspecified atom stereocenters. The predicted octanol–water partition coefficient (Wildman–Crippen LogP) is 3.26. The summed E-state index contributed by atoms with van der Waals surface area (Å²) >= 11 is 0. The van der Waals surface area contributed by atoms with Gasteiger partial charge in [0.25, 0.3) is 0 Å². The number of unbranched alkanes of at least 4 members (excludes halogenated alkanes) is 2. The standard InChI is InChI=1S/C17H34N2O2/c1-14(2)8-10-16(20)18-12-6-5-7-13-19-17(21)11-9-15(3)4/h14-15H,5-13H2,1-4H3,(H,18,20)(H,19,21). The van der Waals surface area contributed by atoms with E-state index < -0.39 is 0 Å². The Balaban J connectivity index is 3.32. The van der Waals surface area contributed by atoms with Crippen LogP contribution < -0.4 is 10.6 Å². The van der Waals surface area contributed by atoms with Gasteiger partial charge in [0.2, 0.25) is 11.8 Å². The van der Waals surface area contributed by atoms with Crippen molar-refractivity contribution in [1.29, 1.82) is 0 Å². The molecule has 21 heavy (non-hydrogen) atoms. The topological polar surface area (TPSA) is 58.2 Å². The highest BCUT2D eigenvalue weighted by Gasteiger charge is 2.03. The van der Waals surface area contributed by atoms with Gasteiger partial charge in [0.05, 0.1) is 0 Å². The minimum Gasteiger partial charge on any atom is -0.356 e. The minimum atomic E-state index is 0.158. The first kappa shape index (κ1) is 19.9. The van der Waals surface area contributed by atoms with Gasteiger partial charge in [0, 0.05) is 25.9 Å². The summed E-state index contributed by atoms with van der Waals surface area (Å²) in [4.78, 5) is 23.0. The predicted molar refractivity (Wildman–Crippen MR) is 88.0 cm³/mol. The molecule has 124 valence electrons. The van der Waals surface area contributed by atoms with E-state index in [4.69, 9.17) is 0 Å². The van der Waals surface area contributed by atoms with Crippen molar-refractivity contribution in [3.8, 4) is 0 Å². The van der Waals surface area contributed by atoms with Crippen LogP contribution in [0, 0.1) is 11.8 Å². The summed E-state index contributed by atoms with van der Waals surface area (Å²) < 4.78 is 0. The number of hydrogen-bond donors (Lipinski definition) is 2. The summed E-state index contributed by atoms with van der Waals surface area (Å²) in [7, 11) is 0. The molecule has 0 saturated heterocycles.